The van der Waals surface area contributed by atoms with Crippen LogP contribution < -0.4 is 27.0 Å². The average Bonchev–Trinajstić information content (AvgIpc) is 3.27. The highest BCUT2D eigenvalue weighted by Gasteiger charge is 2.35. The third-order valence-electron chi connectivity index (χ3n) is 4.54. The van der Waals surface area contributed by atoms with Crippen molar-refractivity contribution in [3.8, 4) is 0 Å². The lowest BCUT2D eigenvalue weighted by atomic mass is 10.1. The number of nitrogens with zero attached hydrogens (tertiary/aromatic N) is 1. The fourth-order valence-electron chi connectivity index (χ4n) is 2.91. The van der Waals surface area contributed by atoms with Gasteiger partial charge in [-0.15, -0.1) is 0 Å². The number of hydrogen-bond acceptors (Lipinski definition) is 9. The van der Waals surface area contributed by atoms with Gasteiger partial charge < -0.3 is 47.2 Å². The summed E-state index contributed by atoms with van der Waals surface area (Å²) >= 11 is 0. The summed E-state index contributed by atoms with van der Waals surface area (Å²) in [4.78, 5) is 71.8. The molecule has 1 aliphatic heterocycles. The highest BCUT2D eigenvalue weighted by Crippen LogP contribution is 2.17. The molecule has 15 nitrogen and oxygen atoms in total. The fourth-order valence-corrected chi connectivity index (χ4v) is 2.91. The van der Waals surface area contributed by atoms with Crippen molar-refractivity contribution in [1.29, 1.82) is 0 Å². The second-order valence-electron chi connectivity index (χ2n) is 6.83. The van der Waals surface area contributed by atoms with E-state index in [0.717, 1.165) is 0 Å². The second-order valence-corrected chi connectivity index (χ2v) is 6.83. The van der Waals surface area contributed by atoms with Crippen molar-refractivity contribution in [2.24, 2.45) is 5.73 Å². The number of carbonyl (C=O) groups excluding carboxylic acids is 5. The lowest BCUT2D eigenvalue weighted by Crippen LogP contribution is -2.58. The van der Waals surface area contributed by atoms with E-state index in [1.807, 2.05) is 5.32 Å². The molecule has 0 aromatic carbocycles. The lowest BCUT2D eigenvalue weighted by Gasteiger charge is -2.26. The fraction of sp³-hybridized carbons (Fsp3) is 0.647. The minimum absolute atomic E-state index is 0.282. The Bertz CT molecular complexity index is 731. The van der Waals surface area contributed by atoms with Gasteiger partial charge in [0.05, 0.1) is 26.3 Å². The van der Waals surface area contributed by atoms with Gasteiger partial charge >= 0.3 is 5.97 Å². The Morgan fingerprint density at radius 2 is 1.56 bits per heavy atom. The zero-order valence-corrected chi connectivity index (χ0v) is 17.2. The van der Waals surface area contributed by atoms with Crippen LogP contribution in [0.5, 0.6) is 0 Å². The molecule has 1 saturated heterocycles. The molecule has 9 N–H and O–H groups in total. The van der Waals surface area contributed by atoms with Gasteiger partial charge in [-0.25, -0.2) is 0 Å². The maximum absolute atomic E-state index is 12.5. The summed E-state index contributed by atoms with van der Waals surface area (Å²) in [6, 6.07) is -3.84. The van der Waals surface area contributed by atoms with E-state index in [9.17, 15) is 39.0 Å². The lowest BCUT2D eigenvalue weighted by molar-refractivity contribution is -0.139. The van der Waals surface area contributed by atoms with E-state index in [1.54, 1.807) is 0 Å². The highest BCUT2D eigenvalue weighted by atomic mass is 16.4. The first kappa shape index (κ1) is 26.7. The van der Waals surface area contributed by atoms with Gasteiger partial charge in [-0.05, 0) is 12.8 Å². The standard InChI is InChI=1S/C17H28N6O9/c18-4-13(27)23-3-1-2-11(23)17(32)22-10(8-25)16(31)21-9(7-24)15(30)20-5-12(26)19-6-14(28)29/h9-11,24-25H,1-8,18H2,(H,19,26)(H,20,30)(H,21,31)(H,22,32)(H,28,29)/t9-,10-,11-/m0/s1. The third-order valence-corrected chi connectivity index (χ3v) is 4.54. The molecule has 0 saturated carbocycles. The smallest absolute Gasteiger partial charge is 0.322 e. The van der Waals surface area contributed by atoms with Crippen molar-refractivity contribution < 1.29 is 44.1 Å². The molecule has 0 radical (unpaired) electrons. The van der Waals surface area contributed by atoms with Crippen LogP contribution in [0.4, 0.5) is 0 Å². The molecule has 0 aromatic heterocycles. The summed E-state index contributed by atoms with van der Waals surface area (Å²) < 4.78 is 0. The largest absolute Gasteiger partial charge is 0.480 e. The van der Waals surface area contributed by atoms with Crippen LogP contribution in [0.3, 0.4) is 0 Å². The Kier molecular flexibility index (Phi) is 11.0. The molecule has 5 amide bonds. The number of carbonyl (C=O) groups is 6. The van der Waals surface area contributed by atoms with E-state index in [0.29, 0.717) is 19.4 Å². The first-order chi connectivity index (χ1) is 15.1. The van der Waals surface area contributed by atoms with E-state index in [1.165, 1.54) is 4.90 Å². The molecule has 32 heavy (non-hydrogen) atoms. The number of aliphatic hydroxyl groups excluding tert-OH is 2. The third kappa shape index (κ3) is 8.09. The number of rotatable bonds is 12. The Balaban J connectivity index is 2.62. The van der Waals surface area contributed by atoms with Gasteiger partial charge in [0, 0.05) is 6.54 Å². The molecule has 1 rings (SSSR count). The van der Waals surface area contributed by atoms with Gasteiger partial charge in [-0.1, -0.05) is 0 Å². The van der Waals surface area contributed by atoms with Crippen LogP contribution in [0.25, 0.3) is 0 Å². The summed E-state index contributed by atoms with van der Waals surface area (Å²) in [7, 11) is 0. The maximum atomic E-state index is 12.5. The number of aliphatic carboxylic acids is 1. The van der Waals surface area contributed by atoms with Crippen molar-refractivity contribution in [2.45, 2.75) is 31.0 Å². The Morgan fingerprint density at radius 3 is 2.12 bits per heavy atom. The highest BCUT2D eigenvalue weighted by molar-refractivity contribution is 5.95. The molecule has 0 aliphatic carbocycles. The molecular weight excluding hydrogens is 432 g/mol. The molecule has 1 aliphatic rings. The summed E-state index contributed by atoms with van der Waals surface area (Å²) in [6.45, 7) is -2.89. The van der Waals surface area contributed by atoms with Gasteiger partial charge in [-0.2, -0.15) is 0 Å². The summed E-state index contributed by atoms with van der Waals surface area (Å²) in [6.07, 6.45) is 0.912. The van der Waals surface area contributed by atoms with Crippen molar-refractivity contribution in [1.82, 2.24) is 26.2 Å². The van der Waals surface area contributed by atoms with Crippen LogP contribution in [-0.4, -0.2) is 113 Å². The van der Waals surface area contributed by atoms with Crippen molar-refractivity contribution in [3.63, 3.8) is 0 Å². The summed E-state index contributed by atoms with van der Waals surface area (Å²) in [5.74, 6) is -5.15. The van der Waals surface area contributed by atoms with E-state index in [-0.39, 0.29) is 6.54 Å². The number of carboxylic acids is 1. The molecule has 0 spiro atoms. The van der Waals surface area contributed by atoms with E-state index in [2.05, 4.69) is 16.0 Å². The zero-order valence-electron chi connectivity index (χ0n) is 17.2. The molecule has 180 valence electrons. The van der Waals surface area contributed by atoms with Gasteiger partial charge in [-0.3, -0.25) is 28.8 Å². The van der Waals surface area contributed by atoms with Crippen LogP contribution in [0.2, 0.25) is 0 Å². The number of likely N-dealkylation sites (tertiary alicyclic amines) is 1. The van der Waals surface area contributed by atoms with Crippen molar-refractivity contribution in [3.05, 3.63) is 0 Å². The SMILES string of the molecule is NCC(=O)N1CCC[C@H]1C(=O)N[C@@H](CO)C(=O)N[C@@H](CO)C(=O)NCC(=O)NCC(=O)O. The number of nitrogens with one attached hydrogen (secondary N) is 4. The maximum Gasteiger partial charge on any atom is 0.322 e. The zero-order chi connectivity index (χ0) is 24.3. The van der Waals surface area contributed by atoms with Crippen LogP contribution in [0.15, 0.2) is 0 Å². The molecule has 1 heterocycles. The molecule has 1 fully saturated rings. The van der Waals surface area contributed by atoms with Crippen LogP contribution in [0, 0.1) is 0 Å². The number of nitrogens with two attached hydrogens (primary N) is 1. The Morgan fingerprint density at radius 1 is 0.938 bits per heavy atom. The topological polar surface area (TPSA) is 240 Å². The van der Waals surface area contributed by atoms with Crippen molar-refractivity contribution in [2.75, 3.05) is 39.4 Å². The van der Waals surface area contributed by atoms with Gasteiger partial charge in [0.25, 0.3) is 0 Å². The number of hydrogen-bond donors (Lipinski definition) is 8. The monoisotopic (exact) mass is 460 g/mol. The second kappa shape index (κ2) is 13.2. The predicted molar refractivity (Wildman–Crippen MR) is 105 cm³/mol. The minimum atomic E-state index is -1.51. The van der Waals surface area contributed by atoms with Crippen LogP contribution in [-0.2, 0) is 28.8 Å². The number of aliphatic hydroxyl groups is 2. The van der Waals surface area contributed by atoms with Crippen molar-refractivity contribution >= 4 is 35.5 Å². The first-order valence-corrected chi connectivity index (χ1v) is 9.72. The predicted octanol–water partition coefficient (Wildman–Crippen LogP) is -5.79. The first-order valence-electron chi connectivity index (χ1n) is 9.72. The van der Waals surface area contributed by atoms with Gasteiger partial charge in [0.2, 0.25) is 29.5 Å². The van der Waals surface area contributed by atoms with E-state index in [4.69, 9.17) is 10.8 Å². The molecule has 0 unspecified atom stereocenters. The summed E-state index contributed by atoms with van der Waals surface area (Å²) in [5, 5.41) is 35.8. The van der Waals surface area contributed by atoms with E-state index >= 15 is 0 Å². The summed E-state index contributed by atoms with van der Waals surface area (Å²) in [5.41, 5.74) is 5.32. The molecule has 3 atom stereocenters. The normalized spacial score (nSPS) is 17.1. The molecular formula is C17H28N6O9. The Labute approximate surface area is 182 Å². The number of carboxylic acid groups (broad SMARTS) is 1. The molecule has 0 bridgehead atoms. The molecule has 15 heteroatoms. The van der Waals surface area contributed by atoms with Gasteiger partial charge in [0.15, 0.2) is 0 Å². The average molecular weight is 460 g/mol. The van der Waals surface area contributed by atoms with Crippen LogP contribution in [0.1, 0.15) is 12.8 Å². The Hall–Kier alpha value is -3.30. The molecule has 0 aromatic rings. The quantitative estimate of drug-likeness (QED) is 0.137. The van der Waals surface area contributed by atoms with E-state index < -0.39 is 79.9 Å². The van der Waals surface area contributed by atoms with Gasteiger partial charge in [0.1, 0.15) is 24.7 Å². The van der Waals surface area contributed by atoms with Crippen LogP contribution >= 0.6 is 0 Å². The minimum Gasteiger partial charge on any atom is -0.480 e. The number of amides is 5.